The van der Waals surface area contributed by atoms with Gasteiger partial charge >= 0.3 is 0 Å². The SMILES string of the molecule is CCN(CC)S(=O)(=O)c1cccc(C(=O)NNC(=O)/C=C/c2nc3ccccc3s2)c1. The predicted octanol–water partition coefficient (Wildman–Crippen LogP) is 2.80. The van der Waals surface area contributed by atoms with Crippen molar-refractivity contribution in [3.05, 3.63) is 65.2 Å². The number of rotatable bonds is 7. The smallest absolute Gasteiger partial charge is 0.268 e. The van der Waals surface area contributed by atoms with Crippen LogP contribution in [0.25, 0.3) is 16.3 Å². The largest absolute Gasteiger partial charge is 0.269 e. The number of nitrogens with zero attached hydrogens (tertiary/aromatic N) is 2. The van der Waals surface area contributed by atoms with Gasteiger partial charge in [-0.2, -0.15) is 4.31 Å². The van der Waals surface area contributed by atoms with Crippen molar-refractivity contribution in [2.24, 2.45) is 0 Å². The molecule has 0 aliphatic rings. The van der Waals surface area contributed by atoms with Crippen LogP contribution in [-0.2, 0) is 14.8 Å². The average molecular weight is 459 g/mol. The van der Waals surface area contributed by atoms with Gasteiger partial charge in [-0.3, -0.25) is 20.4 Å². The van der Waals surface area contributed by atoms with Crippen LogP contribution in [0.1, 0.15) is 29.2 Å². The Morgan fingerprint density at radius 2 is 1.81 bits per heavy atom. The third-order valence-electron chi connectivity index (χ3n) is 4.43. The Bertz CT molecular complexity index is 1200. The molecule has 31 heavy (non-hydrogen) atoms. The van der Waals surface area contributed by atoms with Gasteiger partial charge in [0.15, 0.2) is 0 Å². The normalized spacial score (nSPS) is 11.8. The number of amides is 2. The van der Waals surface area contributed by atoms with Crippen LogP contribution in [0.15, 0.2) is 59.5 Å². The molecule has 0 aliphatic carbocycles. The van der Waals surface area contributed by atoms with Crippen LogP contribution in [0.3, 0.4) is 0 Å². The molecule has 0 aliphatic heterocycles. The molecule has 1 heterocycles. The summed E-state index contributed by atoms with van der Waals surface area (Å²) in [6, 6.07) is 13.3. The maximum absolute atomic E-state index is 12.6. The van der Waals surface area contributed by atoms with Crippen molar-refractivity contribution in [1.82, 2.24) is 20.1 Å². The van der Waals surface area contributed by atoms with E-state index in [1.54, 1.807) is 19.9 Å². The zero-order chi connectivity index (χ0) is 22.4. The molecule has 0 saturated heterocycles. The second-order valence-electron chi connectivity index (χ2n) is 6.41. The summed E-state index contributed by atoms with van der Waals surface area (Å²) in [5.41, 5.74) is 5.52. The second-order valence-corrected chi connectivity index (χ2v) is 9.41. The minimum Gasteiger partial charge on any atom is -0.268 e. The number of sulfonamides is 1. The lowest BCUT2D eigenvalue weighted by molar-refractivity contribution is -0.117. The number of carbonyl (C=O) groups is 2. The van der Waals surface area contributed by atoms with Crippen molar-refractivity contribution in [2.45, 2.75) is 18.7 Å². The zero-order valence-electron chi connectivity index (χ0n) is 17.0. The van der Waals surface area contributed by atoms with Gasteiger partial charge in [0.25, 0.3) is 11.8 Å². The summed E-state index contributed by atoms with van der Waals surface area (Å²) < 4.78 is 27.6. The maximum atomic E-state index is 12.6. The minimum atomic E-state index is -3.69. The summed E-state index contributed by atoms with van der Waals surface area (Å²) in [6.07, 6.45) is 2.82. The second kappa shape index (κ2) is 9.82. The molecule has 162 valence electrons. The van der Waals surface area contributed by atoms with Gasteiger partial charge in [0.05, 0.1) is 15.1 Å². The Morgan fingerprint density at radius 3 is 2.52 bits per heavy atom. The van der Waals surface area contributed by atoms with E-state index in [2.05, 4.69) is 15.8 Å². The van der Waals surface area contributed by atoms with Crippen molar-refractivity contribution in [3.8, 4) is 0 Å². The molecule has 0 bridgehead atoms. The van der Waals surface area contributed by atoms with Gasteiger partial charge in [0.1, 0.15) is 5.01 Å². The lowest BCUT2D eigenvalue weighted by Crippen LogP contribution is -2.40. The Morgan fingerprint density at radius 1 is 1.06 bits per heavy atom. The molecule has 0 fully saturated rings. The minimum absolute atomic E-state index is 0.0194. The molecule has 8 nitrogen and oxygen atoms in total. The van der Waals surface area contributed by atoms with Gasteiger partial charge in [0.2, 0.25) is 10.0 Å². The topological polar surface area (TPSA) is 108 Å². The number of nitrogens with one attached hydrogen (secondary N) is 2. The van der Waals surface area contributed by atoms with Crippen LogP contribution in [0.4, 0.5) is 0 Å². The highest BCUT2D eigenvalue weighted by Gasteiger charge is 2.22. The monoisotopic (exact) mass is 458 g/mol. The van der Waals surface area contributed by atoms with Gasteiger partial charge in [-0.1, -0.05) is 32.0 Å². The van der Waals surface area contributed by atoms with E-state index in [1.807, 2.05) is 24.3 Å². The molecule has 1 aromatic heterocycles. The number of hydrogen-bond acceptors (Lipinski definition) is 6. The highest BCUT2D eigenvalue weighted by molar-refractivity contribution is 7.89. The molecule has 2 amide bonds. The molecule has 3 aromatic rings. The van der Waals surface area contributed by atoms with Crippen LogP contribution >= 0.6 is 11.3 Å². The zero-order valence-corrected chi connectivity index (χ0v) is 18.7. The number of fused-ring (bicyclic) bond motifs is 1. The van der Waals surface area contributed by atoms with Crippen molar-refractivity contribution in [3.63, 3.8) is 0 Å². The van der Waals surface area contributed by atoms with Crippen LogP contribution in [0.2, 0.25) is 0 Å². The molecule has 2 aromatic carbocycles. The summed E-state index contributed by atoms with van der Waals surface area (Å²) in [7, 11) is -3.69. The lowest BCUT2D eigenvalue weighted by Gasteiger charge is -2.18. The van der Waals surface area contributed by atoms with E-state index >= 15 is 0 Å². The summed E-state index contributed by atoms with van der Waals surface area (Å²) >= 11 is 1.44. The van der Waals surface area contributed by atoms with Crippen molar-refractivity contribution in [1.29, 1.82) is 0 Å². The molecule has 0 radical (unpaired) electrons. The number of carbonyl (C=O) groups excluding carboxylic acids is 2. The fourth-order valence-electron chi connectivity index (χ4n) is 2.85. The third kappa shape index (κ3) is 5.35. The Hall–Kier alpha value is -3.08. The van der Waals surface area contributed by atoms with E-state index < -0.39 is 21.8 Å². The molecule has 10 heteroatoms. The van der Waals surface area contributed by atoms with E-state index in [-0.39, 0.29) is 10.5 Å². The highest BCUT2D eigenvalue weighted by Crippen LogP contribution is 2.22. The third-order valence-corrected chi connectivity index (χ3v) is 7.47. The highest BCUT2D eigenvalue weighted by atomic mass is 32.2. The molecule has 0 atom stereocenters. The van der Waals surface area contributed by atoms with Gasteiger partial charge in [0, 0.05) is 24.7 Å². The van der Waals surface area contributed by atoms with Gasteiger partial charge in [-0.05, 0) is 36.4 Å². The first-order valence-corrected chi connectivity index (χ1v) is 11.8. The maximum Gasteiger partial charge on any atom is 0.269 e. The molecule has 0 saturated carbocycles. The van der Waals surface area contributed by atoms with E-state index in [1.165, 1.54) is 46.0 Å². The molecular formula is C21H22N4O4S2. The first-order valence-electron chi connectivity index (χ1n) is 9.59. The number of thiazole rings is 1. The predicted molar refractivity (Wildman–Crippen MR) is 121 cm³/mol. The molecule has 2 N–H and O–H groups in total. The number of hydrogen-bond donors (Lipinski definition) is 2. The fourth-order valence-corrected chi connectivity index (χ4v) is 5.23. The fraction of sp³-hybridized carbons (Fsp3) is 0.190. The van der Waals surface area contributed by atoms with Crippen LogP contribution in [-0.4, -0.2) is 42.6 Å². The number of aromatic nitrogens is 1. The van der Waals surface area contributed by atoms with Crippen molar-refractivity contribution in [2.75, 3.05) is 13.1 Å². The quantitative estimate of drug-likeness (QED) is 0.418. The molecule has 3 rings (SSSR count). The van der Waals surface area contributed by atoms with Crippen LogP contribution in [0.5, 0.6) is 0 Å². The number of para-hydroxylation sites is 1. The Labute approximate surface area is 184 Å². The Kier molecular flexibility index (Phi) is 7.16. The van der Waals surface area contributed by atoms with E-state index in [0.29, 0.717) is 18.1 Å². The van der Waals surface area contributed by atoms with Crippen molar-refractivity contribution < 1.29 is 18.0 Å². The Balaban J connectivity index is 1.63. The first kappa shape index (κ1) is 22.6. The molecule has 0 unspecified atom stereocenters. The first-order chi connectivity index (χ1) is 14.8. The van der Waals surface area contributed by atoms with Gasteiger partial charge < -0.3 is 0 Å². The summed E-state index contributed by atoms with van der Waals surface area (Å²) in [5, 5.41) is 0.664. The standard InChI is InChI=1S/C21H22N4O4S2/c1-3-25(4-2)31(28,29)16-9-7-8-15(14-16)21(27)24-23-19(26)12-13-20-22-17-10-5-6-11-18(17)30-20/h5-14H,3-4H2,1-2H3,(H,23,26)(H,24,27)/b13-12+. The van der Waals surface area contributed by atoms with E-state index in [4.69, 9.17) is 0 Å². The van der Waals surface area contributed by atoms with E-state index in [9.17, 15) is 18.0 Å². The van der Waals surface area contributed by atoms with Gasteiger partial charge in [-0.15, -0.1) is 11.3 Å². The average Bonchev–Trinajstić information content (AvgIpc) is 3.20. The molecule has 0 spiro atoms. The van der Waals surface area contributed by atoms with Crippen molar-refractivity contribution >= 4 is 49.5 Å². The number of benzene rings is 2. The van der Waals surface area contributed by atoms with Gasteiger partial charge in [-0.25, -0.2) is 13.4 Å². The summed E-state index contributed by atoms with van der Waals surface area (Å²) in [6.45, 7) is 4.14. The summed E-state index contributed by atoms with van der Waals surface area (Å²) in [4.78, 5) is 28.8. The lowest BCUT2D eigenvalue weighted by atomic mass is 10.2. The number of hydrazine groups is 1. The molecular weight excluding hydrogens is 436 g/mol. The van der Waals surface area contributed by atoms with Crippen LogP contribution < -0.4 is 10.9 Å². The summed E-state index contributed by atoms with van der Waals surface area (Å²) in [5.74, 6) is -1.17. The van der Waals surface area contributed by atoms with Crippen LogP contribution in [0, 0.1) is 0 Å². The van der Waals surface area contributed by atoms with E-state index in [0.717, 1.165) is 10.2 Å².